The van der Waals surface area contributed by atoms with Gasteiger partial charge in [-0.2, -0.15) is 4.31 Å². The maximum Gasteiger partial charge on any atom is 0.328 e. The zero-order chi connectivity index (χ0) is 24.3. The summed E-state index contributed by atoms with van der Waals surface area (Å²) >= 11 is 0. The van der Waals surface area contributed by atoms with Crippen LogP contribution in [0, 0.1) is 12.8 Å². The minimum atomic E-state index is -3.70. The van der Waals surface area contributed by atoms with E-state index in [2.05, 4.69) is 10.3 Å². The van der Waals surface area contributed by atoms with Crippen LogP contribution in [0.15, 0.2) is 59.6 Å². The largest absolute Gasteiger partial charge is 0.467 e. The molecule has 2 aromatic carbocycles. The van der Waals surface area contributed by atoms with Gasteiger partial charge < -0.3 is 15.0 Å². The third-order valence-electron chi connectivity index (χ3n) is 6.31. The van der Waals surface area contributed by atoms with Crippen LogP contribution in [0.4, 0.5) is 0 Å². The number of ether oxygens (including phenoxy) is 1. The Hall–Kier alpha value is -3.17. The Kier molecular flexibility index (Phi) is 7.04. The zero-order valence-corrected chi connectivity index (χ0v) is 20.1. The second-order valence-corrected chi connectivity index (χ2v) is 10.6. The molecule has 1 amide bonds. The molecule has 2 heterocycles. The molecule has 34 heavy (non-hydrogen) atoms. The number of methoxy groups -OCH3 is 1. The molecule has 1 aliphatic rings. The van der Waals surface area contributed by atoms with E-state index < -0.39 is 28.0 Å². The van der Waals surface area contributed by atoms with Gasteiger partial charge in [0.1, 0.15) is 6.04 Å². The highest BCUT2D eigenvalue weighted by Gasteiger charge is 2.35. The van der Waals surface area contributed by atoms with Crippen LogP contribution in [0.3, 0.4) is 0 Å². The summed E-state index contributed by atoms with van der Waals surface area (Å²) in [6, 6.07) is 13.5. The molecule has 4 rings (SSSR count). The molecule has 2 atom stereocenters. The Morgan fingerprint density at radius 3 is 2.65 bits per heavy atom. The van der Waals surface area contributed by atoms with Crippen molar-refractivity contribution < 1.29 is 22.7 Å². The topological polar surface area (TPSA) is 109 Å². The van der Waals surface area contributed by atoms with Crippen LogP contribution in [0.5, 0.6) is 0 Å². The average Bonchev–Trinajstić information content (AvgIpc) is 3.26. The number of esters is 1. The molecule has 8 nitrogen and oxygen atoms in total. The minimum absolute atomic E-state index is 0.0724. The molecule has 1 aliphatic heterocycles. The Morgan fingerprint density at radius 1 is 1.18 bits per heavy atom. The number of aryl methyl sites for hydroxylation is 1. The van der Waals surface area contributed by atoms with E-state index in [0.717, 1.165) is 22.0 Å². The normalized spacial score (nSPS) is 17.9. The van der Waals surface area contributed by atoms with Crippen molar-refractivity contribution in [3.63, 3.8) is 0 Å². The number of sulfonamides is 1. The van der Waals surface area contributed by atoms with Gasteiger partial charge in [0, 0.05) is 36.6 Å². The first kappa shape index (κ1) is 24.0. The number of rotatable bonds is 7. The lowest BCUT2D eigenvalue weighted by atomic mass is 9.97. The summed E-state index contributed by atoms with van der Waals surface area (Å²) in [6.45, 7) is 2.32. The molecule has 1 saturated heterocycles. The van der Waals surface area contributed by atoms with Gasteiger partial charge in [-0.3, -0.25) is 4.79 Å². The molecule has 2 N–H and O–H groups in total. The summed E-state index contributed by atoms with van der Waals surface area (Å²) in [5, 5.41) is 3.78. The molecule has 9 heteroatoms. The van der Waals surface area contributed by atoms with Crippen LogP contribution in [0.2, 0.25) is 0 Å². The lowest BCUT2D eigenvalue weighted by Gasteiger charge is -2.32. The molecule has 0 saturated carbocycles. The fourth-order valence-electron chi connectivity index (χ4n) is 4.38. The van der Waals surface area contributed by atoms with Crippen molar-refractivity contribution in [1.29, 1.82) is 0 Å². The van der Waals surface area contributed by atoms with E-state index in [-0.39, 0.29) is 23.8 Å². The summed E-state index contributed by atoms with van der Waals surface area (Å²) in [4.78, 5) is 29.0. The van der Waals surface area contributed by atoms with Crippen molar-refractivity contribution in [1.82, 2.24) is 14.6 Å². The number of hydrogen-bond acceptors (Lipinski definition) is 5. The lowest BCUT2D eigenvalue weighted by molar-refractivity contribution is -0.145. The van der Waals surface area contributed by atoms with Crippen LogP contribution >= 0.6 is 0 Å². The quantitative estimate of drug-likeness (QED) is 0.503. The number of H-pyrrole nitrogens is 1. The predicted molar refractivity (Wildman–Crippen MR) is 129 cm³/mol. The number of carbonyl (C=O) groups excluding carboxylic acids is 2. The van der Waals surface area contributed by atoms with Crippen molar-refractivity contribution in [2.24, 2.45) is 5.92 Å². The van der Waals surface area contributed by atoms with Crippen molar-refractivity contribution in [2.75, 3.05) is 20.2 Å². The van der Waals surface area contributed by atoms with Gasteiger partial charge in [-0.15, -0.1) is 0 Å². The average molecular weight is 484 g/mol. The van der Waals surface area contributed by atoms with Crippen LogP contribution in [0.1, 0.15) is 24.0 Å². The number of aromatic nitrogens is 1. The summed E-state index contributed by atoms with van der Waals surface area (Å²) in [5.41, 5.74) is 2.80. The molecular weight excluding hydrogens is 454 g/mol. The predicted octanol–water partition coefficient (Wildman–Crippen LogP) is 2.78. The second kappa shape index (κ2) is 9.99. The number of carbonyl (C=O) groups is 2. The number of para-hydroxylation sites is 1. The van der Waals surface area contributed by atoms with Gasteiger partial charge in [-0.25, -0.2) is 13.2 Å². The number of fused-ring (bicyclic) bond motifs is 1. The van der Waals surface area contributed by atoms with E-state index >= 15 is 0 Å². The number of hydrogen-bond donors (Lipinski definition) is 2. The van der Waals surface area contributed by atoms with Crippen molar-refractivity contribution in [2.45, 2.75) is 37.1 Å². The van der Waals surface area contributed by atoms with Gasteiger partial charge in [-0.05, 0) is 43.5 Å². The van der Waals surface area contributed by atoms with Gasteiger partial charge >= 0.3 is 5.97 Å². The fraction of sp³-hybridized carbons (Fsp3) is 0.360. The maximum absolute atomic E-state index is 13.1. The smallest absolute Gasteiger partial charge is 0.328 e. The van der Waals surface area contributed by atoms with Crippen LogP contribution < -0.4 is 5.32 Å². The number of amides is 1. The highest BCUT2D eigenvalue weighted by molar-refractivity contribution is 7.89. The standard InChI is InChI=1S/C25H29N3O5S/c1-17-9-11-20(12-10-17)34(31,32)28-13-5-6-18(16-28)24(29)27-23(25(30)33-2)14-19-15-26-22-8-4-3-7-21(19)22/h3-4,7-12,15,18,23,26H,5-6,13-14,16H2,1-2H3,(H,27,29)/t18-,23-/m1/s1. The zero-order valence-electron chi connectivity index (χ0n) is 19.3. The SMILES string of the molecule is COC(=O)[C@@H](Cc1c[nH]c2ccccc12)NC(=O)[C@@H]1CCCN(S(=O)(=O)c2ccc(C)cc2)C1. The molecular formula is C25H29N3O5S. The van der Waals surface area contributed by atoms with Gasteiger partial charge in [0.25, 0.3) is 0 Å². The summed E-state index contributed by atoms with van der Waals surface area (Å²) in [7, 11) is -2.42. The molecule has 0 unspecified atom stereocenters. The van der Waals surface area contributed by atoms with Gasteiger partial charge in [0.2, 0.25) is 15.9 Å². The molecule has 1 aromatic heterocycles. The first-order valence-corrected chi connectivity index (χ1v) is 12.7. The van der Waals surface area contributed by atoms with Crippen LogP contribution in [-0.2, 0) is 30.8 Å². The van der Waals surface area contributed by atoms with E-state index in [9.17, 15) is 18.0 Å². The fourth-order valence-corrected chi connectivity index (χ4v) is 5.90. The van der Waals surface area contributed by atoms with Crippen molar-refractivity contribution >= 4 is 32.8 Å². The Labute approximate surface area is 199 Å². The third-order valence-corrected chi connectivity index (χ3v) is 8.19. The summed E-state index contributed by atoms with van der Waals surface area (Å²) in [5.74, 6) is -1.44. The molecule has 0 aliphatic carbocycles. The number of aromatic amines is 1. The van der Waals surface area contributed by atoms with E-state index in [1.165, 1.54) is 11.4 Å². The number of nitrogens with one attached hydrogen (secondary N) is 2. The molecule has 0 spiro atoms. The first-order valence-electron chi connectivity index (χ1n) is 11.3. The second-order valence-electron chi connectivity index (χ2n) is 8.66. The Morgan fingerprint density at radius 2 is 1.91 bits per heavy atom. The van der Waals surface area contributed by atoms with Gasteiger partial charge in [0.15, 0.2) is 0 Å². The van der Waals surface area contributed by atoms with Gasteiger partial charge in [-0.1, -0.05) is 35.9 Å². The van der Waals surface area contributed by atoms with Crippen LogP contribution in [-0.4, -0.2) is 55.8 Å². The van der Waals surface area contributed by atoms with E-state index in [1.807, 2.05) is 37.4 Å². The van der Waals surface area contributed by atoms with Crippen molar-refractivity contribution in [3.8, 4) is 0 Å². The van der Waals surface area contributed by atoms with E-state index in [1.54, 1.807) is 24.3 Å². The highest BCUT2D eigenvalue weighted by atomic mass is 32.2. The Bertz CT molecular complexity index is 1280. The maximum atomic E-state index is 13.1. The Balaban J connectivity index is 1.48. The van der Waals surface area contributed by atoms with E-state index in [4.69, 9.17) is 4.74 Å². The summed E-state index contributed by atoms with van der Waals surface area (Å²) < 4.78 is 32.5. The van der Waals surface area contributed by atoms with Gasteiger partial charge in [0.05, 0.1) is 17.9 Å². The highest BCUT2D eigenvalue weighted by Crippen LogP contribution is 2.25. The van der Waals surface area contributed by atoms with Crippen molar-refractivity contribution in [3.05, 3.63) is 65.9 Å². The lowest BCUT2D eigenvalue weighted by Crippen LogP contribution is -2.50. The minimum Gasteiger partial charge on any atom is -0.467 e. The molecule has 180 valence electrons. The van der Waals surface area contributed by atoms with Crippen LogP contribution in [0.25, 0.3) is 10.9 Å². The molecule has 0 bridgehead atoms. The third kappa shape index (κ3) is 5.00. The molecule has 3 aromatic rings. The van der Waals surface area contributed by atoms with E-state index in [0.29, 0.717) is 19.4 Å². The molecule has 0 radical (unpaired) electrons. The number of piperidine rings is 1. The summed E-state index contributed by atoms with van der Waals surface area (Å²) in [6.07, 6.45) is 3.20. The molecule has 1 fully saturated rings. The first-order chi connectivity index (χ1) is 16.3. The number of benzene rings is 2. The monoisotopic (exact) mass is 483 g/mol. The number of nitrogens with zero attached hydrogens (tertiary/aromatic N) is 1.